The number of hydrogen-bond acceptors (Lipinski definition) is 7. The molecule has 0 bridgehead atoms. The average molecular weight is 561 g/mol. The van der Waals surface area contributed by atoms with Crippen molar-refractivity contribution in [2.24, 2.45) is 11.5 Å². The lowest BCUT2D eigenvalue weighted by Crippen LogP contribution is -2.64. The minimum atomic E-state index is -0.972. The molecule has 0 aliphatic carbocycles. The van der Waals surface area contributed by atoms with Gasteiger partial charge in [-0.25, -0.2) is 9.59 Å². The van der Waals surface area contributed by atoms with E-state index >= 15 is 0 Å². The number of likely N-dealkylation sites (tertiary alicyclic amines) is 1. The third-order valence-electron chi connectivity index (χ3n) is 7.28. The summed E-state index contributed by atoms with van der Waals surface area (Å²) < 4.78 is 1.45. The molecule has 1 aromatic heterocycles. The SMILES string of the molecule is C[C@@H]1CN(C(=O)C(C)(C)N)C[C@H](C)N1C(=O)Nc1ccn(-c2ccc(CN3CCC(N)CC3)cc2)c(=O)n1.Cl. The van der Waals surface area contributed by atoms with Gasteiger partial charge < -0.3 is 21.3 Å². The molecule has 0 spiro atoms. The molecule has 2 aromatic rings. The summed E-state index contributed by atoms with van der Waals surface area (Å²) >= 11 is 0. The molecule has 2 atom stereocenters. The molecule has 2 saturated heterocycles. The van der Waals surface area contributed by atoms with Crippen molar-refractivity contribution in [2.75, 3.05) is 31.5 Å². The van der Waals surface area contributed by atoms with Crippen LogP contribution in [0.25, 0.3) is 5.69 Å². The molecule has 12 heteroatoms. The highest BCUT2D eigenvalue weighted by molar-refractivity contribution is 5.89. The zero-order valence-electron chi connectivity index (χ0n) is 23.2. The van der Waals surface area contributed by atoms with E-state index in [0.29, 0.717) is 24.8 Å². The largest absolute Gasteiger partial charge is 0.354 e. The Labute approximate surface area is 235 Å². The zero-order chi connectivity index (χ0) is 27.6. The number of amides is 3. The zero-order valence-corrected chi connectivity index (χ0v) is 24.0. The Hall–Kier alpha value is -2.99. The molecule has 0 saturated carbocycles. The number of rotatable bonds is 5. The maximum atomic E-state index is 13.1. The van der Waals surface area contributed by atoms with Gasteiger partial charge in [-0.15, -0.1) is 12.4 Å². The summed E-state index contributed by atoms with van der Waals surface area (Å²) in [6.07, 6.45) is 3.64. The van der Waals surface area contributed by atoms with Crippen LogP contribution in [0.3, 0.4) is 0 Å². The topological polar surface area (TPSA) is 143 Å². The normalized spacial score (nSPS) is 20.9. The first kappa shape index (κ1) is 30.6. The van der Waals surface area contributed by atoms with Crippen LogP contribution in [0.5, 0.6) is 0 Å². The number of aromatic nitrogens is 2. The Morgan fingerprint density at radius 3 is 2.18 bits per heavy atom. The quantitative estimate of drug-likeness (QED) is 0.505. The van der Waals surface area contributed by atoms with Gasteiger partial charge in [-0.05, 0) is 77.4 Å². The Kier molecular flexibility index (Phi) is 9.76. The molecule has 0 unspecified atom stereocenters. The van der Waals surface area contributed by atoms with Crippen molar-refractivity contribution >= 4 is 30.2 Å². The Morgan fingerprint density at radius 2 is 1.64 bits per heavy atom. The maximum Gasteiger partial charge on any atom is 0.354 e. The van der Waals surface area contributed by atoms with Gasteiger partial charge in [-0.2, -0.15) is 4.98 Å². The monoisotopic (exact) mass is 560 g/mol. The van der Waals surface area contributed by atoms with Crippen LogP contribution in [-0.4, -0.2) is 86.0 Å². The molecule has 2 aliphatic heterocycles. The van der Waals surface area contributed by atoms with Crippen molar-refractivity contribution in [2.45, 2.75) is 70.7 Å². The highest BCUT2D eigenvalue weighted by Gasteiger charge is 2.38. The Balaban J connectivity index is 0.00000420. The number of nitrogens with zero attached hydrogens (tertiary/aromatic N) is 5. The van der Waals surface area contributed by atoms with E-state index in [0.717, 1.165) is 32.5 Å². The second kappa shape index (κ2) is 12.5. The fourth-order valence-electron chi connectivity index (χ4n) is 5.27. The summed E-state index contributed by atoms with van der Waals surface area (Å²) in [5.41, 5.74) is 12.4. The molecule has 3 amide bonds. The molecule has 2 aliphatic rings. The number of benzene rings is 1. The number of urea groups is 1. The van der Waals surface area contributed by atoms with Gasteiger partial charge in [-0.1, -0.05) is 12.1 Å². The van der Waals surface area contributed by atoms with Gasteiger partial charge in [-0.3, -0.25) is 19.6 Å². The Bertz CT molecular complexity index is 1190. The van der Waals surface area contributed by atoms with Gasteiger partial charge in [0, 0.05) is 44.0 Å². The van der Waals surface area contributed by atoms with Crippen molar-refractivity contribution in [3.05, 3.63) is 52.6 Å². The number of hydrogen-bond donors (Lipinski definition) is 3. The predicted octanol–water partition coefficient (Wildman–Crippen LogP) is 1.77. The number of carbonyl (C=O) groups excluding carboxylic acids is 2. The van der Waals surface area contributed by atoms with Gasteiger partial charge in [0.15, 0.2) is 0 Å². The number of nitrogens with two attached hydrogens (primary N) is 2. The number of nitrogens with one attached hydrogen (secondary N) is 1. The van der Waals surface area contributed by atoms with Crippen LogP contribution in [0, 0.1) is 0 Å². The van der Waals surface area contributed by atoms with Gasteiger partial charge in [0.2, 0.25) is 5.91 Å². The van der Waals surface area contributed by atoms with E-state index in [4.69, 9.17) is 11.5 Å². The summed E-state index contributed by atoms with van der Waals surface area (Å²) in [5, 5.41) is 2.74. The molecule has 11 nitrogen and oxygen atoms in total. The average Bonchev–Trinajstić information content (AvgIpc) is 2.84. The van der Waals surface area contributed by atoms with E-state index in [9.17, 15) is 14.4 Å². The van der Waals surface area contributed by atoms with E-state index in [1.54, 1.807) is 35.9 Å². The first-order valence-electron chi connectivity index (χ1n) is 13.3. The van der Waals surface area contributed by atoms with Crippen LogP contribution in [0.15, 0.2) is 41.3 Å². The molecule has 2 fully saturated rings. The highest BCUT2D eigenvalue weighted by Crippen LogP contribution is 2.20. The molecule has 214 valence electrons. The summed E-state index contributed by atoms with van der Waals surface area (Å²) in [6, 6.07) is 8.93. The number of piperazine rings is 1. The lowest BCUT2D eigenvalue weighted by molar-refractivity contribution is -0.139. The number of carbonyl (C=O) groups is 2. The van der Waals surface area contributed by atoms with E-state index < -0.39 is 11.2 Å². The number of halogens is 1. The van der Waals surface area contributed by atoms with Crippen LogP contribution >= 0.6 is 12.4 Å². The minimum Gasteiger partial charge on any atom is -0.337 e. The lowest BCUT2D eigenvalue weighted by Gasteiger charge is -2.45. The van der Waals surface area contributed by atoms with E-state index in [2.05, 4.69) is 15.2 Å². The molecule has 5 N–H and O–H groups in total. The van der Waals surface area contributed by atoms with Crippen molar-refractivity contribution in [3.63, 3.8) is 0 Å². The Morgan fingerprint density at radius 1 is 1.05 bits per heavy atom. The van der Waals surface area contributed by atoms with Crippen LogP contribution in [0.1, 0.15) is 46.1 Å². The lowest BCUT2D eigenvalue weighted by atomic mass is 10.0. The summed E-state index contributed by atoms with van der Waals surface area (Å²) in [7, 11) is 0. The second-order valence-corrected chi connectivity index (χ2v) is 11.2. The van der Waals surface area contributed by atoms with Gasteiger partial charge in [0.05, 0.1) is 11.2 Å². The molecule has 4 rings (SSSR count). The van der Waals surface area contributed by atoms with E-state index in [1.165, 1.54) is 10.1 Å². The van der Waals surface area contributed by atoms with E-state index in [-0.39, 0.29) is 42.2 Å². The van der Waals surface area contributed by atoms with Crippen molar-refractivity contribution in [3.8, 4) is 5.69 Å². The van der Waals surface area contributed by atoms with Crippen molar-refractivity contribution in [1.82, 2.24) is 24.3 Å². The summed E-state index contributed by atoms with van der Waals surface area (Å²) in [5.74, 6) is 0.0305. The first-order valence-corrected chi connectivity index (χ1v) is 13.3. The molecule has 39 heavy (non-hydrogen) atoms. The number of piperidine rings is 1. The summed E-state index contributed by atoms with van der Waals surface area (Å²) in [4.78, 5) is 48.3. The van der Waals surface area contributed by atoms with Crippen LogP contribution in [-0.2, 0) is 11.3 Å². The molecule has 3 heterocycles. The standard InChI is InChI=1S/C27H40N8O3.ClH/c1-18-15-33(24(36)27(3,4)29)16-19(2)35(18)26(38)31-23-11-14-34(25(37)30-23)22-7-5-20(6-8-22)17-32-12-9-21(28)10-13-32;/h5-8,11,14,18-19,21H,9-10,12-13,15-17,28-29H2,1-4H3,(H,30,31,37,38);1H/t18-,19+;. The molecular formula is C27H41ClN8O3. The van der Waals surface area contributed by atoms with Crippen LogP contribution < -0.4 is 22.5 Å². The smallest absolute Gasteiger partial charge is 0.337 e. The molecule has 0 radical (unpaired) electrons. The minimum absolute atomic E-state index is 0. The van der Waals surface area contributed by atoms with Gasteiger partial charge in [0.25, 0.3) is 0 Å². The summed E-state index contributed by atoms with van der Waals surface area (Å²) in [6.45, 7) is 10.7. The van der Waals surface area contributed by atoms with Crippen molar-refractivity contribution in [1.29, 1.82) is 0 Å². The third kappa shape index (κ3) is 7.36. The fraction of sp³-hybridized carbons (Fsp3) is 0.556. The molecular weight excluding hydrogens is 520 g/mol. The first-order chi connectivity index (χ1) is 17.9. The van der Waals surface area contributed by atoms with Crippen LogP contribution in [0.2, 0.25) is 0 Å². The number of anilines is 1. The fourth-order valence-corrected chi connectivity index (χ4v) is 5.27. The van der Waals surface area contributed by atoms with Gasteiger partial charge >= 0.3 is 11.7 Å². The molecule has 1 aromatic carbocycles. The maximum absolute atomic E-state index is 13.1. The predicted molar refractivity (Wildman–Crippen MR) is 154 cm³/mol. The second-order valence-electron chi connectivity index (χ2n) is 11.2. The van der Waals surface area contributed by atoms with Crippen molar-refractivity contribution < 1.29 is 9.59 Å². The van der Waals surface area contributed by atoms with Gasteiger partial charge in [0.1, 0.15) is 5.82 Å². The van der Waals surface area contributed by atoms with Crippen LogP contribution in [0.4, 0.5) is 10.6 Å². The third-order valence-corrected chi connectivity index (χ3v) is 7.28. The highest BCUT2D eigenvalue weighted by atomic mass is 35.5. The van der Waals surface area contributed by atoms with E-state index in [1.807, 2.05) is 38.1 Å².